The number of halogens is 1. The van der Waals surface area contributed by atoms with Gasteiger partial charge in [0.15, 0.2) is 0 Å². The zero-order valence-electron chi connectivity index (χ0n) is 17.4. The van der Waals surface area contributed by atoms with Crippen molar-refractivity contribution in [3.05, 3.63) is 94.1 Å². The molecule has 1 aliphatic rings. The Morgan fingerprint density at radius 1 is 0.871 bits per heavy atom. The number of carbonyl (C=O) groups excluding carboxylic acids is 2. The minimum Gasteiger partial charge on any atom is -0.497 e. The SMILES string of the molecule is COc1ccc(C2=C(Nc3ccc(Cl)cc3C)C(=O)N(c3ccc(C)cc3)C2=O)cc1. The minimum atomic E-state index is -0.408. The predicted octanol–water partition coefficient (Wildman–Crippen LogP) is 5.36. The third-order valence-corrected chi connectivity index (χ3v) is 5.44. The summed E-state index contributed by atoms with van der Waals surface area (Å²) in [6.07, 6.45) is 0. The number of amides is 2. The Bertz CT molecular complexity index is 1200. The van der Waals surface area contributed by atoms with Crippen LogP contribution in [-0.4, -0.2) is 18.9 Å². The fourth-order valence-corrected chi connectivity index (χ4v) is 3.73. The van der Waals surface area contributed by atoms with Gasteiger partial charge in [0, 0.05) is 10.7 Å². The van der Waals surface area contributed by atoms with Crippen LogP contribution >= 0.6 is 11.6 Å². The average Bonchev–Trinajstić information content (AvgIpc) is 3.00. The summed E-state index contributed by atoms with van der Waals surface area (Å²) in [5, 5.41) is 3.78. The van der Waals surface area contributed by atoms with Crippen LogP contribution in [0.3, 0.4) is 0 Å². The molecule has 31 heavy (non-hydrogen) atoms. The Labute approximate surface area is 185 Å². The molecule has 1 heterocycles. The number of nitrogens with one attached hydrogen (secondary N) is 1. The molecule has 0 saturated carbocycles. The van der Waals surface area contributed by atoms with Crippen LogP contribution in [0.5, 0.6) is 5.75 Å². The van der Waals surface area contributed by atoms with Crippen LogP contribution in [0.15, 0.2) is 72.4 Å². The summed E-state index contributed by atoms with van der Waals surface area (Å²) in [5.74, 6) is -0.123. The van der Waals surface area contributed by atoms with Crippen molar-refractivity contribution < 1.29 is 14.3 Å². The summed E-state index contributed by atoms with van der Waals surface area (Å²) in [4.78, 5) is 28.1. The molecule has 0 unspecified atom stereocenters. The van der Waals surface area contributed by atoms with E-state index in [4.69, 9.17) is 16.3 Å². The lowest BCUT2D eigenvalue weighted by molar-refractivity contribution is -0.120. The monoisotopic (exact) mass is 432 g/mol. The van der Waals surface area contributed by atoms with Crippen molar-refractivity contribution in [3.8, 4) is 5.75 Å². The van der Waals surface area contributed by atoms with Crippen LogP contribution in [0.25, 0.3) is 5.57 Å². The molecule has 0 fully saturated rings. The Kier molecular flexibility index (Phi) is 5.53. The van der Waals surface area contributed by atoms with E-state index in [1.54, 1.807) is 61.7 Å². The molecule has 0 atom stereocenters. The van der Waals surface area contributed by atoms with Gasteiger partial charge in [0.25, 0.3) is 11.8 Å². The van der Waals surface area contributed by atoms with Crippen LogP contribution in [0, 0.1) is 13.8 Å². The van der Waals surface area contributed by atoms with Crippen molar-refractivity contribution in [1.29, 1.82) is 0 Å². The van der Waals surface area contributed by atoms with Gasteiger partial charge in [-0.05, 0) is 67.4 Å². The molecule has 6 heteroatoms. The number of hydrogen-bond donors (Lipinski definition) is 1. The lowest BCUT2D eigenvalue weighted by atomic mass is 10.0. The number of carbonyl (C=O) groups is 2. The molecule has 0 radical (unpaired) electrons. The van der Waals surface area contributed by atoms with Gasteiger partial charge < -0.3 is 10.1 Å². The van der Waals surface area contributed by atoms with Gasteiger partial charge >= 0.3 is 0 Å². The lowest BCUT2D eigenvalue weighted by Crippen LogP contribution is -2.32. The van der Waals surface area contributed by atoms with Crippen LogP contribution < -0.4 is 15.0 Å². The topological polar surface area (TPSA) is 58.6 Å². The number of benzene rings is 3. The van der Waals surface area contributed by atoms with Crippen molar-refractivity contribution in [1.82, 2.24) is 0 Å². The summed E-state index contributed by atoms with van der Waals surface area (Å²) in [6, 6.07) is 19.7. The summed E-state index contributed by atoms with van der Waals surface area (Å²) < 4.78 is 5.22. The maximum Gasteiger partial charge on any atom is 0.282 e. The van der Waals surface area contributed by atoms with E-state index in [0.29, 0.717) is 33.3 Å². The summed E-state index contributed by atoms with van der Waals surface area (Å²) >= 11 is 6.07. The standard InChI is InChI=1S/C25H21ClN2O3/c1-15-4-9-19(10-5-15)28-24(29)22(17-6-11-20(31-3)12-7-17)23(25(28)30)27-21-13-8-18(26)14-16(21)2/h4-14,27H,1-3H3. The van der Waals surface area contributed by atoms with E-state index in [2.05, 4.69) is 5.32 Å². The molecule has 0 aliphatic carbocycles. The van der Waals surface area contributed by atoms with Crippen LogP contribution in [0.1, 0.15) is 16.7 Å². The molecule has 1 aliphatic heterocycles. The molecular formula is C25H21ClN2O3. The Hall–Kier alpha value is -3.57. The van der Waals surface area contributed by atoms with Crippen LogP contribution in [0.2, 0.25) is 5.02 Å². The van der Waals surface area contributed by atoms with Crippen molar-refractivity contribution in [3.63, 3.8) is 0 Å². The highest BCUT2D eigenvalue weighted by molar-refractivity contribution is 6.46. The average molecular weight is 433 g/mol. The number of methoxy groups -OCH3 is 1. The predicted molar refractivity (Wildman–Crippen MR) is 123 cm³/mol. The van der Waals surface area contributed by atoms with Gasteiger partial charge in [-0.25, -0.2) is 4.90 Å². The number of aryl methyl sites for hydroxylation is 2. The summed E-state index contributed by atoms with van der Waals surface area (Å²) in [6.45, 7) is 3.84. The van der Waals surface area contributed by atoms with E-state index in [1.807, 2.05) is 26.0 Å². The van der Waals surface area contributed by atoms with Gasteiger partial charge in [-0.3, -0.25) is 9.59 Å². The van der Waals surface area contributed by atoms with Gasteiger partial charge in [-0.1, -0.05) is 41.4 Å². The first-order valence-electron chi connectivity index (χ1n) is 9.76. The Morgan fingerprint density at radius 2 is 1.55 bits per heavy atom. The number of nitrogens with zero attached hydrogens (tertiary/aromatic N) is 1. The highest BCUT2D eigenvalue weighted by atomic mass is 35.5. The minimum absolute atomic E-state index is 0.223. The molecule has 3 aromatic carbocycles. The number of rotatable bonds is 5. The summed E-state index contributed by atoms with van der Waals surface area (Å²) in [7, 11) is 1.58. The first kappa shape index (κ1) is 20.7. The van der Waals surface area contributed by atoms with Gasteiger partial charge in [-0.15, -0.1) is 0 Å². The molecule has 3 aromatic rings. The van der Waals surface area contributed by atoms with Crippen molar-refractivity contribution in [2.75, 3.05) is 17.3 Å². The number of imide groups is 1. The molecule has 0 bridgehead atoms. The highest BCUT2D eigenvalue weighted by Gasteiger charge is 2.40. The zero-order chi connectivity index (χ0) is 22.1. The van der Waals surface area contributed by atoms with E-state index < -0.39 is 5.91 Å². The molecule has 0 saturated heterocycles. The quantitative estimate of drug-likeness (QED) is 0.551. The second kappa shape index (κ2) is 8.28. The Balaban J connectivity index is 1.82. The molecule has 0 spiro atoms. The number of ether oxygens (including phenoxy) is 1. The highest BCUT2D eigenvalue weighted by Crippen LogP contribution is 2.35. The number of anilines is 2. The largest absolute Gasteiger partial charge is 0.497 e. The summed E-state index contributed by atoms with van der Waals surface area (Å²) in [5.41, 5.74) is 4.30. The van der Waals surface area contributed by atoms with Crippen LogP contribution in [0.4, 0.5) is 11.4 Å². The molecule has 5 nitrogen and oxygen atoms in total. The molecule has 2 amide bonds. The first-order chi connectivity index (χ1) is 14.9. The maximum atomic E-state index is 13.5. The third-order valence-electron chi connectivity index (χ3n) is 5.20. The van der Waals surface area contributed by atoms with Crippen molar-refractivity contribution in [2.45, 2.75) is 13.8 Å². The first-order valence-corrected chi connectivity index (χ1v) is 10.1. The molecule has 156 valence electrons. The van der Waals surface area contributed by atoms with Crippen LogP contribution in [-0.2, 0) is 9.59 Å². The van der Waals surface area contributed by atoms with Crippen molar-refractivity contribution in [2.24, 2.45) is 0 Å². The molecule has 1 N–H and O–H groups in total. The fraction of sp³-hybridized carbons (Fsp3) is 0.120. The van der Waals surface area contributed by atoms with Gasteiger partial charge in [0.05, 0.1) is 18.4 Å². The van der Waals surface area contributed by atoms with E-state index in [-0.39, 0.29) is 11.6 Å². The zero-order valence-corrected chi connectivity index (χ0v) is 18.2. The second-order valence-corrected chi connectivity index (χ2v) is 7.78. The lowest BCUT2D eigenvalue weighted by Gasteiger charge is -2.16. The fourth-order valence-electron chi connectivity index (χ4n) is 3.50. The van der Waals surface area contributed by atoms with Gasteiger partial charge in [0.2, 0.25) is 0 Å². The van der Waals surface area contributed by atoms with Crippen molar-refractivity contribution >= 4 is 40.4 Å². The Morgan fingerprint density at radius 3 is 2.16 bits per heavy atom. The molecule has 4 rings (SSSR count). The molecular weight excluding hydrogens is 412 g/mol. The molecule has 0 aromatic heterocycles. The third kappa shape index (κ3) is 3.92. The van der Waals surface area contributed by atoms with E-state index in [1.165, 1.54) is 4.90 Å². The van der Waals surface area contributed by atoms with E-state index in [9.17, 15) is 9.59 Å². The van der Waals surface area contributed by atoms with Gasteiger partial charge in [-0.2, -0.15) is 0 Å². The normalized spacial score (nSPS) is 13.7. The van der Waals surface area contributed by atoms with E-state index >= 15 is 0 Å². The number of hydrogen-bond acceptors (Lipinski definition) is 4. The van der Waals surface area contributed by atoms with Gasteiger partial charge in [0.1, 0.15) is 11.4 Å². The maximum absolute atomic E-state index is 13.5. The van der Waals surface area contributed by atoms with E-state index in [0.717, 1.165) is 11.1 Å². The second-order valence-electron chi connectivity index (χ2n) is 7.34. The smallest absolute Gasteiger partial charge is 0.282 e.